The van der Waals surface area contributed by atoms with Crippen LogP contribution in [0.15, 0.2) is 35.3 Å². The first kappa shape index (κ1) is 23.2. The number of aliphatic imine (C=N–C) groups is 1. The molecule has 0 spiro atoms. The van der Waals surface area contributed by atoms with Crippen molar-refractivity contribution in [1.82, 2.24) is 15.5 Å². The van der Waals surface area contributed by atoms with Crippen LogP contribution in [0.3, 0.4) is 0 Å². The number of ether oxygens (including phenoxy) is 1. The Labute approximate surface area is 176 Å². The van der Waals surface area contributed by atoms with Crippen LogP contribution in [0.5, 0.6) is 0 Å². The second-order valence-electron chi connectivity index (χ2n) is 6.84. The summed E-state index contributed by atoms with van der Waals surface area (Å²) < 4.78 is 5.49. The van der Waals surface area contributed by atoms with Crippen molar-refractivity contribution >= 4 is 29.9 Å². The van der Waals surface area contributed by atoms with E-state index in [1.165, 1.54) is 5.56 Å². The number of benzene rings is 1. The topological polar surface area (TPSA) is 48.9 Å². The van der Waals surface area contributed by atoms with Crippen molar-refractivity contribution in [1.29, 1.82) is 0 Å². The molecule has 0 radical (unpaired) electrons. The Bertz CT molecular complexity index is 504. The van der Waals surface area contributed by atoms with E-state index in [2.05, 4.69) is 66.6 Å². The summed E-state index contributed by atoms with van der Waals surface area (Å²) in [5.41, 5.74) is 1.35. The fraction of sp³-hybridized carbons (Fsp3) is 0.650. The Balaban J connectivity index is 0.00000338. The summed E-state index contributed by atoms with van der Waals surface area (Å²) in [5.74, 6) is 1.49. The minimum atomic E-state index is 0. The van der Waals surface area contributed by atoms with Crippen LogP contribution in [0, 0.1) is 5.92 Å². The minimum absolute atomic E-state index is 0. The molecule has 0 amide bonds. The minimum Gasteiger partial charge on any atom is -0.379 e. The number of nitrogens with one attached hydrogen (secondary N) is 2. The van der Waals surface area contributed by atoms with E-state index in [9.17, 15) is 0 Å². The Morgan fingerprint density at radius 3 is 2.46 bits per heavy atom. The first-order chi connectivity index (χ1) is 12.2. The average Bonchev–Trinajstić information content (AvgIpc) is 2.63. The standard InChI is InChI=1S/C20H34N4O.HI/c1-4-21-20(22-11-10-18-8-6-5-7-9-18)23-16-19(17(2)3)24-12-14-25-15-13-24;/h5-9,17,19H,4,10-16H2,1-3H3,(H2,21,22,23);1H. The molecule has 0 bridgehead atoms. The van der Waals surface area contributed by atoms with E-state index < -0.39 is 0 Å². The van der Waals surface area contributed by atoms with Crippen molar-refractivity contribution in [3.05, 3.63) is 35.9 Å². The Morgan fingerprint density at radius 1 is 1.15 bits per heavy atom. The zero-order valence-electron chi connectivity index (χ0n) is 16.4. The fourth-order valence-electron chi connectivity index (χ4n) is 3.15. The third kappa shape index (κ3) is 8.22. The van der Waals surface area contributed by atoms with Gasteiger partial charge in [0, 0.05) is 32.2 Å². The van der Waals surface area contributed by atoms with E-state index in [0.29, 0.717) is 12.0 Å². The van der Waals surface area contributed by atoms with Gasteiger partial charge < -0.3 is 15.4 Å². The van der Waals surface area contributed by atoms with E-state index in [1.807, 2.05) is 0 Å². The van der Waals surface area contributed by atoms with Crippen molar-refractivity contribution in [3.63, 3.8) is 0 Å². The number of hydrogen-bond donors (Lipinski definition) is 2. The molecule has 0 aromatic heterocycles. The maximum Gasteiger partial charge on any atom is 0.191 e. The molecule has 1 aliphatic heterocycles. The average molecular weight is 474 g/mol. The van der Waals surface area contributed by atoms with Gasteiger partial charge in [-0.1, -0.05) is 44.2 Å². The number of rotatable bonds is 8. The number of nitrogens with zero attached hydrogens (tertiary/aromatic N) is 2. The lowest BCUT2D eigenvalue weighted by Gasteiger charge is -2.36. The molecule has 26 heavy (non-hydrogen) atoms. The molecule has 148 valence electrons. The van der Waals surface area contributed by atoms with Gasteiger partial charge in [-0.05, 0) is 24.8 Å². The molecule has 1 atom stereocenters. The van der Waals surface area contributed by atoms with Gasteiger partial charge in [0.15, 0.2) is 5.96 Å². The first-order valence-corrected chi connectivity index (χ1v) is 9.58. The van der Waals surface area contributed by atoms with Gasteiger partial charge in [0.25, 0.3) is 0 Å². The summed E-state index contributed by atoms with van der Waals surface area (Å²) in [7, 11) is 0. The van der Waals surface area contributed by atoms with Crippen molar-refractivity contribution in [3.8, 4) is 0 Å². The van der Waals surface area contributed by atoms with Gasteiger partial charge in [0.1, 0.15) is 0 Å². The van der Waals surface area contributed by atoms with Crippen LogP contribution >= 0.6 is 24.0 Å². The lowest BCUT2D eigenvalue weighted by atomic mass is 10.0. The molecule has 1 aliphatic rings. The number of guanidine groups is 1. The van der Waals surface area contributed by atoms with Crippen LogP contribution in [0.1, 0.15) is 26.3 Å². The van der Waals surface area contributed by atoms with Crippen LogP contribution in [-0.2, 0) is 11.2 Å². The first-order valence-electron chi connectivity index (χ1n) is 9.58. The molecule has 1 aromatic carbocycles. The molecule has 1 unspecified atom stereocenters. The Kier molecular flexibility index (Phi) is 11.9. The summed E-state index contributed by atoms with van der Waals surface area (Å²) in [4.78, 5) is 7.37. The second-order valence-corrected chi connectivity index (χ2v) is 6.84. The van der Waals surface area contributed by atoms with Crippen molar-refractivity contribution < 1.29 is 4.74 Å². The van der Waals surface area contributed by atoms with Crippen LogP contribution in [0.25, 0.3) is 0 Å². The van der Waals surface area contributed by atoms with Crippen LogP contribution in [-0.4, -0.2) is 62.8 Å². The molecule has 0 aliphatic carbocycles. The molecule has 1 aromatic rings. The van der Waals surface area contributed by atoms with Crippen LogP contribution in [0.2, 0.25) is 0 Å². The van der Waals surface area contributed by atoms with Gasteiger partial charge in [-0.25, -0.2) is 0 Å². The highest BCUT2D eigenvalue weighted by molar-refractivity contribution is 14.0. The lowest BCUT2D eigenvalue weighted by molar-refractivity contribution is 0.00867. The summed E-state index contributed by atoms with van der Waals surface area (Å²) in [6, 6.07) is 11.0. The highest BCUT2D eigenvalue weighted by Gasteiger charge is 2.23. The van der Waals surface area contributed by atoms with Crippen LogP contribution in [0.4, 0.5) is 0 Å². The molecule has 2 rings (SSSR count). The summed E-state index contributed by atoms with van der Waals surface area (Å²) >= 11 is 0. The van der Waals surface area contributed by atoms with Gasteiger partial charge in [-0.3, -0.25) is 9.89 Å². The van der Waals surface area contributed by atoms with Gasteiger partial charge >= 0.3 is 0 Å². The highest BCUT2D eigenvalue weighted by atomic mass is 127. The number of hydrogen-bond acceptors (Lipinski definition) is 3. The molecular weight excluding hydrogens is 439 g/mol. The lowest BCUT2D eigenvalue weighted by Crippen LogP contribution is -2.48. The van der Waals surface area contributed by atoms with Gasteiger partial charge in [-0.2, -0.15) is 0 Å². The molecule has 1 heterocycles. The van der Waals surface area contributed by atoms with Crippen molar-refractivity contribution in [2.45, 2.75) is 33.2 Å². The van der Waals surface area contributed by atoms with Crippen LogP contribution < -0.4 is 10.6 Å². The Morgan fingerprint density at radius 2 is 1.85 bits per heavy atom. The van der Waals surface area contributed by atoms with Gasteiger partial charge in [-0.15, -0.1) is 24.0 Å². The largest absolute Gasteiger partial charge is 0.379 e. The summed E-state index contributed by atoms with van der Waals surface area (Å²) in [6.45, 7) is 12.9. The SMILES string of the molecule is CCNC(=NCC(C(C)C)N1CCOCC1)NCCc1ccccc1.I. The predicted octanol–water partition coefficient (Wildman–Crippen LogP) is 2.76. The molecule has 1 saturated heterocycles. The summed E-state index contributed by atoms with van der Waals surface area (Å²) in [6.07, 6.45) is 1.00. The van der Waals surface area contributed by atoms with E-state index in [0.717, 1.165) is 58.3 Å². The zero-order valence-corrected chi connectivity index (χ0v) is 18.7. The smallest absolute Gasteiger partial charge is 0.191 e. The molecular formula is C20H35IN4O. The molecule has 6 heteroatoms. The normalized spacial score (nSPS) is 16.8. The summed E-state index contributed by atoms with van der Waals surface area (Å²) in [5, 5.41) is 6.82. The fourth-order valence-corrected chi connectivity index (χ4v) is 3.15. The molecule has 5 nitrogen and oxygen atoms in total. The van der Waals surface area contributed by atoms with Crippen molar-refractivity contribution in [2.75, 3.05) is 45.9 Å². The molecule has 0 saturated carbocycles. The maximum absolute atomic E-state index is 5.49. The molecule has 2 N–H and O–H groups in total. The van der Waals surface area contributed by atoms with E-state index >= 15 is 0 Å². The third-order valence-electron chi connectivity index (χ3n) is 4.61. The van der Waals surface area contributed by atoms with E-state index in [4.69, 9.17) is 9.73 Å². The van der Waals surface area contributed by atoms with E-state index in [-0.39, 0.29) is 24.0 Å². The second kappa shape index (κ2) is 13.3. The number of morpholine rings is 1. The number of halogens is 1. The predicted molar refractivity (Wildman–Crippen MR) is 121 cm³/mol. The molecule has 1 fully saturated rings. The third-order valence-corrected chi connectivity index (χ3v) is 4.61. The zero-order chi connectivity index (χ0) is 17.9. The Hall–Kier alpha value is -0.860. The van der Waals surface area contributed by atoms with Gasteiger partial charge in [0.2, 0.25) is 0 Å². The quantitative estimate of drug-likeness (QED) is 0.346. The van der Waals surface area contributed by atoms with Crippen molar-refractivity contribution in [2.24, 2.45) is 10.9 Å². The highest BCUT2D eigenvalue weighted by Crippen LogP contribution is 2.13. The monoisotopic (exact) mass is 474 g/mol. The maximum atomic E-state index is 5.49. The van der Waals surface area contributed by atoms with Gasteiger partial charge in [0.05, 0.1) is 19.8 Å². The van der Waals surface area contributed by atoms with E-state index in [1.54, 1.807) is 0 Å².